The Morgan fingerprint density at radius 2 is 2.00 bits per heavy atom. The maximum atomic E-state index is 5.95. The molecule has 0 amide bonds. The Balaban J connectivity index is 2.22. The van der Waals surface area contributed by atoms with E-state index in [1.807, 2.05) is 43.3 Å². The van der Waals surface area contributed by atoms with Gasteiger partial charge in [0.2, 0.25) is 5.89 Å². The quantitative estimate of drug-likeness (QED) is 0.687. The summed E-state index contributed by atoms with van der Waals surface area (Å²) >= 11 is 3.42. The Kier molecular flexibility index (Phi) is 2.59. The number of oxazole rings is 1. The first-order valence-corrected chi connectivity index (χ1v) is 6.35. The van der Waals surface area contributed by atoms with Crippen molar-refractivity contribution in [1.29, 1.82) is 0 Å². The van der Waals surface area contributed by atoms with E-state index in [0.29, 0.717) is 11.6 Å². The minimum absolute atomic E-state index is 0.550. The van der Waals surface area contributed by atoms with Crippen LogP contribution in [0.4, 0.5) is 5.69 Å². The van der Waals surface area contributed by atoms with Gasteiger partial charge in [0.15, 0.2) is 5.58 Å². The van der Waals surface area contributed by atoms with Crippen LogP contribution in [0.2, 0.25) is 0 Å². The zero-order valence-corrected chi connectivity index (χ0v) is 11.4. The van der Waals surface area contributed by atoms with Gasteiger partial charge in [-0.15, -0.1) is 0 Å². The number of nitrogens with zero attached hydrogens (tertiary/aromatic N) is 1. The third kappa shape index (κ3) is 1.88. The van der Waals surface area contributed by atoms with Crippen LogP contribution in [-0.4, -0.2) is 4.98 Å². The van der Waals surface area contributed by atoms with Gasteiger partial charge in [-0.2, -0.15) is 0 Å². The van der Waals surface area contributed by atoms with Crippen LogP contribution >= 0.6 is 15.9 Å². The second-order valence-electron chi connectivity index (χ2n) is 4.22. The van der Waals surface area contributed by atoms with Crippen LogP contribution in [0.15, 0.2) is 45.3 Å². The van der Waals surface area contributed by atoms with E-state index >= 15 is 0 Å². The van der Waals surface area contributed by atoms with Crippen LogP contribution in [0.1, 0.15) is 5.56 Å². The molecule has 1 aromatic heterocycles. The van der Waals surface area contributed by atoms with Crippen molar-refractivity contribution in [3.05, 3.63) is 46.4 Å². The van der Waals surface area contributed by atoms with E-state index in [2.05, 4.69) is 20.9 Å². The number of nitrogen functional groups attached to an aromatic ring is 1. The molecule has 2 aromatic carbocycles. The molecule has 3 nitrogen and oxygen atoms in total. The second-order valence-corrected chi connectivity index (χ2v) is 5.14. The topological polar surface area (TPSA) is 52.0 Å². The molecule has 3 aromatic rings. The van der Waals surface area contributed by atoms with Gasteiger partial charge in [-0.05, 0) is 42.8 Å². The van der Waals surface area contributed by atoms with E-state index in [4.69, 9.17) is 10.2 Å². The Bertz CT molecular complexity index is 734. The summed E-state index contributed by atoms with van der Waals surface area (Å²) in [6, 6.07) is 11.6. The van der Waals surface area contributed by atoms with Crippen LogP contribution < -0.4 is 5.73 Å². The minimum Gasteiger partial charge on any atom is -0.436 e. The molecule has 0 aliphatic carbocycles. The monoisotopic (exact) mass is 302 g/mol. The number of nitrogens with two attached hydrogens (primary N) is 1. The van der Waals surface area contributed by atoms with E-state index in [9.17, 15) is 0 Å². The average molecular weight is 303 g/mol. The number of hydrogen-bond donors (Lipinski definition) is 1. The first-order valence-electron chi connectivity index (χ1n) is 5.56. The first-order chi connectivity index (χ1) is 8.63. The van der Waals surface area contributed by atoms with Crippen LogP contribution in [0.5, 0.6) is 0 Å². The van der Waals surface area contributed by atoms with E-state index in [0.717, 1.165) is 26.7 Å². The molecule has 0 aliphatic rings. The van der Waals surface area contributed by atoms with Gasteiger partial charge in [0, 0.05) is 10.2 Å². The molecule has 0 atom stereocenters. The molecule has 0 fully saturated rings. The Labute approximate surface area is 113 Å². The zero-order chi connectivity index (χ0) is 12.7. The summed E-state index contributed by atoms with van der Waals surface area (Å²) in [5.41, 5.74) is 10.2. The third-order valence-electron chi connectivity index (χ3n) is 2.79. The van der Waals surface area contributed by atoms with Gasteiger partial charge in [0.05, 0.1) is 5.56 Å². The lowest BCUT2D eigenvalue weighted by molar-refractivity contribution is 0.620. The molecule has 4 heteroatoms. The predicted octanol–water partition coefficient (Wildman–Crippen LogP) is 4.15. The van der Waals surface area contributed by atoms with Crippen molar-refractivity contribution < 1.29 is 4.42 Å². The summed E-state index contributed by atoms with van der Waals surface area (Å²) in [6.07, 6.45) is 0. The van der Waals surface area contributed by atoms with E-state index < -0.39 is 0 Å². The summed E-state index contributed by atoms with van der Waals surface area (Å²) in [6.45, 7) is 2.03. The highest BCUT2D eigenvalue weighted by atomic mass is 79.9. The predicted molar refractivity (Wildman–Crippen MR) is 76.3 cm³/mol. The van der Waals surface area contributed by atoms with E-state index in [1.165, 1.54) is 0 Å². The summed E-state index contributed by atoms with van der Waals surface area (Å²) in [5.74, 6) is 0.550. The molecule has 0 bridgehead atoms. The SMILES string of the molecule is Cc1ccc2oc(-c3cc(Br)ccc3N)nc2c1. The zero-order valence-electron chi connectivity index (χ0n) is 9.77. The fourth-order valence-corrected chi connectivity index (χ4v) is 2.23. The van der Waals surface area contributed by atoms with E-state index in [1.54, 1.807) is 0 Å². The van der Waals surface area contributed by atoms with Crippen molar-refractivity contribution in [3.63, 3.8) is 0 Å². The average Bonchev–Trinajstić information content (AvgIpc) is 2.74. The number of aromatic nitrogens is 1. The van der Waals surface area contributed by atoms with Crippen molar-refractivity contribution in [2.45, 2.75) is 6.92 Å². The number of fused-ring (bicyclic) bond motifs is 1. The largest absolute Gasteiger partial charge is 0.436 e. The molecule has 1 heterocycles. The van der Waals surface area contributed by atoms with Crippen molar-refractivity contribution in [2.75, 3.05) is 5.73 Å². The van der Waals surface area contributed by atoms with Gasteiger partial charge >= 0.3 is 0 Å². The third-order valence-corrected chi connectivity index (χ3v) is 3.28. The Morgan fingerprint density at radius 1 is 1.17 bits per heavy atom. The van der Waals surface area contributed by atoms with Gasteiger partial charge in [-0.1, -0.05) is 22.0 Å². The summed E-state index contributed by atoms with van der Waals surface area (Å²) in [7, 11) is 0. The second kappa shape index (κ2) is 4.14. The molecule has 0 saturated heterocycles. The highest BCUT2D eigenvalue weighted by molar-refractivity contribution is 9.10. The molecule has 0 aliphatic heterocycles. The highest BCUT2D eigenvalue weighted by Crippen LogP contribution is 2.31. The van der Waals surface area contributed by atoms with Gasteiger partial charge < -0.3 is 10.2 Å². The molecular formula is C14H11BrN2O. The molecule has 0 radical (unpaired) electrons. The van der Waals surface area contributed by atoms with Crippen LogP contribution in [0.3, 0.4) is 0 Å². The smallest absolute Gasteiger partial charge is 0.229 e. The normalized spacial score (nSPS) is 11.0. The van der Waals surface area contributed by atoms with Gasteiger partial charge in [-0.3, -0.25) is 0 Å². The molecule has 0 spiro atoms. The fraction of sp³-hybridized carbons (Fsp3) is 0.0714. The lowest BCUT2D eigenvalue weighted by Gasteiger charge is -2.01. The van der Waals surface area contributed by atoms with Crippen LogP contribution in [0, 0.1) is 6.92 Å². The van der Waals surface area contributed by atoms with Crippen LogP contribution in [-0.2, 0) is 0 Å². The van der Waals surface area contributed by atoms with Crippen LogP contribution in [0.25, 0.3) is 22.6 Å². The summed E-state index contributed by atoms with van der Waals surface area (Å²) < 4.78 is 6.68. The molecule has 0 unspecified atom stereocenters. The van der Waals surface area contributed by atoms with Crippen molar-refractivity contribution in [3.8, 4) is 11.5 Å². The first kappa shape index (κ1) is 11.3. The number of hydrogen-bond acceptors (Lipinski definition) is 3. The lowest BCUT2D eigenvalue weighted by Crippen LogP contribution is -1.89. The van der Waals surface area contributed by atoms with Crippen molar-refractivity contribution >= 4 is 32.7 Å². The fourth-order valence-electron chi connectivity index (χ4n) is 1.87. The van der Waals surface area contributed by atoms with Gasteiger partial charge in [0.25, 0.3) is 0 Å². The number of anilines is 1. The maximum Gasteiger partial charge on any atom is 0.229 e. The van der Waals surface area contributed by atoms with Gasteiger partial charge in [-0.25, -0.2) is 4.98 Å². The van der Waals surface area contributed by atoms with Crippen molar-refractivity contribution in [2.24, 2.45) is 0 Å². The number of benzene rings is 2. The highest BCUT2D eigenvalue weighted by Gasteiger charge is 2.11. The van der Waals surface area contributed by atoms with E-state index in [-0.39, 0.29) is 0 Å². The number of halogens is 1. The lowest BCUT2D eigenvalue weighted by atomic mass is 10.2. The number of rotatable bonds is 1. The number of aryl methyl sites for hydroxylation is 1. The molecule has 18 heavy (non-hydrogen) atoms. The molecule has 90 valence electrons. The summed E-state index contributed by atoms with van der Waals surface area (Å²) in [5, 5.41) is 0. The van der Waals surface area contributed by atoms with Crippen molar-refractivity contribution in [1.82, 2.24) is 4.98 Å². The van der Waals surface area contributed by atoms with Gasteiger partial charge in [0.1, 0.15) is 5.52 Å². The molecule has 0 saturated carbocycles. The minimum atomic E-state index is 0.550. The Hall–Kier alpha value is -1.81. The summed E-state index contributed by atoms with van der Waals surface area (Å²) in [4.78, 5) is 4.48. The maximum absolute atomic E-state index is 5.95. The molecular weight excluding hydrogens is 292 g/mol. The Morgan fingerprint density at radius 3 is 2.83 bits per heavy atom. The molecule has 3 rings (SSSR count). The standard InChI is InChI=1S/C14H11BrN2O/c1-8-2-5-13-12(6-8)17-14(18-13)10-7-9(15)3-4-11(10)16/h2-7H,16H2,1H3. The molecule has 2 N–H and O–H groups in total.